The van der Waals surface area contributed by atoms with Crippen LogP contribution in [0.4, 0.5) is 0 Å². The molecule has 0 amide bonds. The fourth-order valence-corrected chi connectivity index (χ4v) is 2.81. The molecule has 1 atom stereocenters. The topological polar surface area (TPSA) is 44.7 Å². The normalized spacial score (nSPS) is 27.2. The lowest BCUT2D eigenvalue weighted by atomic mass is 10.0. The third-order valence-corrected chi connectivity index (χ3v) is 3.95. The largest absolute Gasteiger partial charge is 0.389 e. The molecule has 1 saturated carbocycles. The van der Waals surface area contributed by atoms with Gasteiger partial charge in [-0.2, -0.15) is 0 Å². The molecule has 2 aliphatic rings. The van der Waals surface area contributed by atoms with Crippen LogP contribution >= 0.6 is 0 Å². The van der Waals surface area contributed by atoms with Crippen molar-refractivity contribution >= 4 is 0 Å². The Morgan fingerprint density at radius 2 is 1.94 bits per heavy atom. The van der Waals surface area contributed by atoms with Crippen LogP contribution in [-0.4, -0.2) is 61.0 Å². The van der Waals surface area contributed by atoms with Crippen molar-refractivity contribution in [2.24, 2.45) is 0 Å². The van der Waals surface area contributed by atoms with Crippen molar-refractivity contribution in [2.45, 2.75) is 44.2 Å². The average molecular weight is 242 g/mol. The Morgan fingerprint density at radius 3 is 2.59 bits per heavy atom. The highest BCUT2D eigenvalue weighted by Gasteiger charge is 2.31. The summed E-state index contributed by atoms with van der Waals surface area (Å²) in [4.78, 5) is 2.43. The van der Waals surface area contributed by atoms with E-state index in [4.69, 9.17) is 4.74 Å². The second-order valence-electron chi connectivity index (χ2n) is 5.63. The Bertz CT molecular complexity index is 223. The summed E-state index contributed by atoms with van der Waals surface area (Å²) in [5, 5.41) is 13.7. The van der Waals surface area contributed by atoms with Crippen molar-refractivity contribution < 1.29 is 9.84 Å². The molecular weight excluding hydrogens is 216 g/mol. The van der Waals surface area contributed by atoms with Gasteiger partial charge in [0.2, 0.25) is 0 Å². The quantitative estimate of drug-likeness (QED) is 0.741. The number of rotatable bonds is 5. The van der Waals surface area contributed by atoms with Gasteiger partial charge in [0.1, 0.15) is 0 Å². The Hall–Kier alpha value is -0.160. The highest BCUT2D eigenvalue weighted by Crippen LogP contribution is 2.28. The van der Waals surface area contributed by atoms with Crippen LogP contribution in [0.1, 0.15) is 32.6 Å². The van der Waals surface area contributed by atoms with Crippen LogP contribution in [0.2, 0.25) is 0 Å². The van der Waals surface area contributed by atoms with Crippen LogP contribution in [0.15, 0.2) is 0 Å². The minimum absolute atomic E-state index is 0.431. The zero-order valence-corrected chi connectivity index (χ0v) is 11.0. The van der Waals surface area contributed by atoms with Gasteiger partial charge in [0.15, 0.2) is 0 Å². The average Bonchev–Trinajstić information content (AvgIpc) is 2.76. The number of aliphatic hydroxyl groups is 1. The van der Waals surface area contributed by atoms with Crippen molar-refractivity contribution in [3.05, 3.63) is 0 Å². The van der Waals surface area contributed by atoms with Crippen LogP contribution in [0.3, 0.4) is 0 Å². The van der Waals surface area contributed by atoms with Gasteiger partial charge in [-0.25, -0.2) is 0 Å². The number of ether oxygens (including phenoxy) is 1. The Labute approximate surface area is 104 Å². The van der Waals surface area contributed by atoms with Gasteiger partial charge >= 0.3 is 0 Å². The van der Waals surface area contributed by atoms with Crippen molar-refractivity contribution in [1.29, 1.82) is 0 Å². The maximum absolute atomic E-state index is 10.2. The van der Waals surface area contributed by atoms with Gasteiger partial charge in [0.05, 0.1) is 18.8 Å². The third-order valence-electron chi connectivity index (χ3n) is 3.95. The summed E-state index contributed by atoms with van der Waals surface area (Å²) >= 11 is 0. The molecule has 1 aliphatic carbocycles. The molecule has 0 aromatic carbocycles. The van der Waals surface area contributed by atoms with Crippen LogP contribution < -0.4 is 5.32 Å². The summed E-state index contributed by atoms with van der Waals surface area (Å²) in [7, 11) is 0. The maximum Gasteiger partial charge on any atom is 0.0771 e. The highest BCUT2D eigenvalue weighted by molar-refractivity contribution is 4.87. The Kier molecular flexibility index (Phi) is 4.79. The number of morpholine rings is 1. The van der Waals surface area contributed by atoms with Crippen molar-refractivity contribution in [2.75, 3.05) is 39.4 Å². The molecule has 1 saturated heterocycles. The first-order valence-corrected chi connectivity index (χ1v) is 6.94. The molecular formula is C13H26N2O2. The highest BCUT2D eigenvalue weighted by atomic mass is 16.5. The molecule has 0 radical (unpaired) electrons. The van der Waals surface area contributed by atoms with E-state index in [0.29, 0.717) is 6.04 Å². The zero-order valence-electron chi connectivity index (χ0n) is 11.0. The van der Waals surface area contributed by atoms with Crippen molar-refractivity contribution in [1.82, 2.24) is 10.2 Å². The number of nitrogens with one attached hydrogen (secondary N) is 1. The molecule has 1 aliphatic heterocycles. The van der Waals surface area contributed by atoms with E-state index in [-0.39, 0.29) is 0 Å². The second kappa shape index (κ2) is 6.14. The molecule has 17 heavy (non-hydrogen) atoms. The molecule has 2 rings (SSSR count). The SMILES string of the molecule is CC(CN1CCOCC1)NCC1(O)CCCC1. The predicted octanol–water partition coefficient (Wildman–Crippen LogP) is 0.602. The van der Waals surface area contributed by atoms with Crippen LogP contribution in [0.5, 0.6) is 0 Å². The van der Waals surface area contributed by atoms with Gasteiger partial charge in [-0.1, -0.05) is 12.8 Å². The molecule has 100 valence electrons. The van der Waals surface area contributed by atoms with Gasteiger partial charge in [0.25, 0.3) is 0 Å². The Morgan fingerprint density at radius 1 is 1.29 bits per heavy atom. The third kappa shape index (κ3) is 4.21. The first-order chi connectivity index (χ1) is 8.18. The van der Waals surface area contributed by atoms with E-state index >= 15 is 0 Å². The van der Waals surface area contributed by atoms with Gasteiger partial charge < -0.3 is 15.2 Å². The van der Waals surface area contributed by atoms with E-state index in [9.17, 15) is 5.11 Å². The molecule has 0 bridgehead atoms. The number of hydrogen-bond donors (Lipinski definition) is 2. The smallest absolute Gasteiger partial charge is 0.0771 e. The summed E-state index contributed by atoms with van der Waals surface area (Å²) in [6.45, 7) is 7.80. The molecule has 2 fully saturated rings. The van der Waals surface area contributed by atoms with E-state index < -0.39 is 5.60 Å². The van der Waals surface area contributed by atoms with Gasteiger partial charge in [-0.15, -0.1) is 0 Å². The van der Waals surface area contributed by atoms with E-state index in [2.05, 4.69) is 17.1 Å². The van der Waals surface area contributed by atoms with Crippen molar-refractivity contribution in [3.63, 3.8) is 0 Å². The summed E-state index contributed by atoms with van der Waals surface area (Å²) in [6, 6.07) is 0.442. The van der Waals surface area contributed by atoms with Crippen LogP contribution in [0, 0.1) is 0 Å². The summed E-state index contributed by atoms with van der Waals surface area (Å²) < 4.78 is 5.34. The standard InChI is InChI=1S/C13H26N2O2/c1-12(10-15-6-8-17-9-7-15)14-11-13(16)4-2-3-5-13/h12,14,16H,2-11H2,1H3. The maximum atomic E-state index is 10.2. The molecule has 0 spiro atoms. The van der Waals surface area contributed by atoms with E-state index in [1.165, 1.54) is 12.8 Å². The molecule has 0 aromatic rings. The zero-order chi connectivity index (χ0) is 12.1. The van der Waals surface area contributed by atoms with Crippen LogP contribution in [0.25, 0.3) is 0 Å². The molecule has 2 N–H and O–H groups in total. The van der Waals surface area contributed by atoms with Crippen LogP contribution in [-0.2, 0) is 4.74 Å². The number of nitrogens with zero attached hydrogens (tertiary/aromatic N) is 1. The second-order valence-corrected chi connectivity index (χ2v) is 5.63. The minimum atomic E-state index is -0.431. The lowest BCUT2D eigenvalue weighted by molar-refractivity contribution is 0.0267. The van der Waals surface area contributed by atoms with E-state index in [1.54, 1.807) is 0 Å². The van der Waals surface area contributed by atoms with Gasteiger partial charge in [0, 0.05) is 32.2 Å². The summed E-state index contributed by atoms with van der Waals surface area (Å²) in [5.41, 5.74) is -0.431. The van der Waals surface area contributed by atoms with E-state index in [1.807, 2.05) is 0 Å². The van der Waals surface area contributed by atoms with E-state index in [0.717, 1.165) is 52.2 Å². The monoisotopic (exact) mass is 242 g/mol. The first-order valence-electron chi connectivity index (χ1n) is 6.94. The molecule has 1 heterocycles. The predicted molar refractivity (Wildman–Crippen MR) is 68.1 cm³/mol. The lowest BCUT2D eigenvalue weighted by Crippen LogP contribution is -2.48. The molecule has 4 heteroatoms. The minimum Gasteiger partial charge on any atom is -0.389 e. The first kappa shape index (κ1) is 13.3. The summed E-state index contributed by atoms with van der Waals surface area (Å²) in [6.07, 6.45) is 4.28. The fourth-order valence-electron chi connectivity index (χ4n) is 2.81. The summed E-state index contributed by atoms with van der Waals surface area (Å²) in [5.74, 6) is 0. The van der Waals surface area contributed by atoms with Gasteiger partial charge in [-0.3, -0.25) is 4.90 Å². The molecule has 0 aromatic heterocycles. The number of hydrogen-bond acceptors (Lipinski definition) is 4. The fraction of sp³-hybridized carbons (Fsp3) is 1.00. The van der Waals surface area contributed by atoms with Crippen molar-refractivity contribution in [3.8, 4) is 0 Å². The molecule has 1 unspecified atom stereocenters. The lowest BCUT2D eigenvalue weighted by Gasteiger charge is -2.31. The molecule has 4 nitrogen and oxygen atoms in total. The van der Waals surface area contributed by atoms with Gasteiger partial charge in [-0.05, 0) is 19.8 Å². The Balaban J connectivity index is 1.64.